The van der Waals surface area contributed by atoms with Gasteiger partial charge in [0.2, 0.25) is 0 Å². The summed E-state index contributed by atoms with van der Waals surface area (Å²) in [5.74, 6) is -2.22. The van der Waals surface area contributed by atoms with Crippen molar-refractivity contribution in [2.75, 3.05) is 0 Å². The van der Waals surface area contributed by atoms with Crippen LogP contribution in [0.15, 0.2) is 12.3 Å². The summed E-state index contributed by atoms with van der Waals surface area (Å²) in [5.41, 5.74) is -2.30. The maximum Gasteiger partial charge on any atom is 0.329 e. The molecule has 1 aliphatic rings. The molecule has 0 spiro atoms. The summed E-state index contributed by atoms with van der Waals surface area (Å²) in [5, 5.41) is 22.5. The molecule has 0 radical (unpaired) electrons. The van der Waals surface area contributed by atoms with Crippen molar-refractivity contribution in [3.05, 3.63) is 33.1 Å². The second-order valence-electron chi connectivity index (χ2n) is 5.02. The Labute approximate surface area is 124 Å². The first-order valence-electron chi connectivity index (χ1n) is 6.11. The van der Waals surface area contributed by atoms with Gasteiger partial charge in [-0.1, -0.05) is 11.6 Å². The molecular formula is C12H12ClN3O5. The monoisotopic (exact) mass is 313 g/mol. The number of hydrogen-bond acceptors (Lipinski definition) is 5. The van der Waals surface area contributed by atoms with Gasteiger partial charge in [-0.25, -0.2) is 9.78 Å². The van der Waals surface area contributed by atoms with Crippen LogP contribution in [-0.2, 0) is 4.79 Å². The lowest BCUT2D eigenvalue weighted by molar-refractivity contribution is -0.385. The molecule has 21 heavy (non-hydrogen) atoms. The molecule has 2 N–H and O–H groups in total. The number of aliphatic carboxylic acids is 1. The third-order valence-corrected chi connectivity index (χ3v) is 3.71. The summed E-state index contributed by atoms with van der Waals surface area (Å²) in [6.07, 6.45) is 2.23. The molecule has 1 aliphatic carbocycles. The maximum atomic E-state index is 12.2. The Morgan fingerprint density at radius 3 is 2.67 bits per heavy atom. The van der Waals surface area contributed by atoms with Gasteiger partial charge in [0.1, 0.15) is 22.5 Å². The van der Waals surface area contributed by atoms with E-state index in [4.69, 9.17) is 11.6 Å². The third kappa shape index (κ3) is 2.94. The number of amides is 1. The molecule has 0 aromatic carbocycles. The normalized spacial score (nSPS) is 16.9. The third-order valence-electron chi connectivity index (χ3n) is 3.50. The highest BCUT2D eigenvalue weighted by atomic mass is 35.5. The molecular weight excluding hydrogens is 302 g/mol. The molecule has 8 nitrogen and oxygen atoms in total. The number of carboxylic acid groups (broad SMARTS) is 1. The molecule has 1 aromatic heterocycles. The van der Waals surface area contributed by atoms with Crippen molar-refractivity contribution < 1.29 is 19.6 Å². The quantitative estimate of drug-likeness (QED) is 0.484. The van der Waals surface area contributed by atoms with Gasteiger partial charge in [0.15, 0.2) is 0 Å². The van der Waals surface area contributed by atoms with Gasteiger partial charge < -0.3 is 10.4 Å². The lowest BCUT2D eigenvalue weighted by Gasteiger charge is -2.26. The maximum absolute atomic E-state index is 12.2. The van der Waals surface area contributed by atoms with Gasteiger partial charge in [-0.15, -0.1) is 0 Å². The van der Waals surface area contributed by atoms with Gasteiger partial charge in [-0.05, 0) is 31.7 Å². The summed E-state index contributed by atoms with van der Waals surface area (Å²) in [6, 6.07) is 1.05. The van der Waals surface area contributed by atoms with E-state index in [0.29, 0.717) is 12.8 Å². The lowest BCUT2D eigenvalue weighted by Crippen LogP contribution is -2.54. The largest absolute Gasteiger partial charge is 0.480 e. The van der Waals surface area contributed by atoms with Crippen LogP contribution in [0.2, 0.25) is 5.15 Å². The molecule has 1 saturated carbocycles. The van der Waals surface area contributed by atoms with Crippen LogP contribution in [0.25, 0.3) is 0 Å². The summed E-state index contributed by atoms with van der Waals surface area (Å²) in [4.78, 5) is 37.3. The summed E-state index contributed by atoms with van der Waals surface area (Å²) in [7, 11) is 0. The standard InChI is InChI=1S/C12H12ClN3O5/c1-12(11(18)19,6-2-3-6)15-10(17)7-4-9(13)14-5-8(7)16(20)21/h4-6H,2-3H2,1H3,(H,15,17)(H,18,19). The minimum atomic E-state index is -1.46. The van der Waals surface area contributed by atoms with E-state index in [1.807, 2.05) is 0 Å². The molecule has 1 aromatic rings. The summed E-state index contributed by atoms with van der Waals surface area (Å²) >= 11 is 5.64. The van der Waals surface area contributed by atoms with Crippen LogP contribution < -0.4 is 5.32 Å². The van der Waals surface area contributed by atoms with Crippen LogP contribution in [0, 0.1) is 16.0 Å². The van der Waals surface area contributed by atoms with Crippen molar-refractivity contribution in [2.24, 2.45) is 5.92 Å². The Hall–Kier alpha value is -2.22. The van der Waals surface area contributed by atoms with Crippen LogP contribution >= 0.6 is 11.6 Å². The van der Waals surface area contributed by atoms with Crippen LogP contribution in [0.1, 0.15) is 30.1 Å². The molecule has 1 atom stereocenters. The van der Waals surface area contributed by atoms with E-state index in [9.17, 15) is 24.8 Å². The van der Waals surface area contributed by atoms with E-state index in [2.05, 4.69) is 10.3 Å². The smallest absolute Gasteiger partial charge is 0.329 e. The Morgan fingerprint density at radius 2 is 2.19 bits per heavy atom. The average Bonchev–Trinajstić information content (AvgIpc) is 3.22. The minimum Gasteiger partial charge on any atom is -0.480 e. The highest BCUT2D eigenvalue weighted by Crippen LogP contribution is 2.40. The fourth-order valence-electron chi connectivity index (χ4n) is 2.04. The van der Waals surface area contributed by atoms with E-state index in [-0.39, 0.29) is 16.6 Å². The first-order chi connectivity index (χ1) is 9.75. The zero-order chi connectivity index (χ0) is 15.8. The topological polar surface area (TPSA) is 122 Å². The molecule has 2 rings (SSSR count). The number of carbonyl (C=O) groups excluding carboxylic acids is 1. The highest BCUT2D eigenvalue weighted by molar-refractivity contribution is 6.29. The molecule has 0 bridgehead atoms. The number of carboxylic acids is 1. The van der Waals surface area contributed by atoms with Crippen molar-refractivity contribution in [1.29, 1.82) is 0 Å². The number of nitro groups is 1. The predicted molar refractivity (Wildman–Crippen MR) is 72.1 cm³/mol. The van der Waals surface area contributed by atoms with E-state index >= 15 is 0 Å². The molecule has 1 amide bonds. The fraction of sp³-hybridized carbons (Fsp3) is 0.417. The average molecular weight is 314 g/mol. The van der Waals surface area contributed by atoms with Crippen LogP contribution in [-0.4, -0.2) is 32.4 Å². The van der Waals surface area contributed by atoms with Crippen molar-refractivity contribution in [1.82, 2.24) is 10.3 Å². The molecule has 112 valence electrons. The predicted octanol–water partition coefficient (Wildman–Crippen LogP) is 1.63. The molecule has 9 heteroatoms. The number of halogens is 1. The van der Waals surface area contributed by atoms with Gasteiger partial charge in [-0.3, -0.25) is 14.9 Å². The van der Waals surface area contributed by atoms with Gasteiger partial charge in [0, 0.05) is 0 Å². The van der Waals surface area contributed by atoms with Crippen molar-refractivity contribution in [2.45, 2.75) is 25.3 Å². The van der Waals surface area contributed by atoms with Gasteiger partial charge in [0.05, 0.1) is 4.92 Å². The summed E-state index contributed by atoms with van der Waals surface area (Å²) in [6.45, 7) is 1.39. The molecule has 0 saturated heterocycles. The van der Waals surface area contributed by atoms with Crippen LogP contribution in [0.4, 0.5) is 5.69 Å². The second kappa shape index (κ2) is 5.28. The van der Waals surface area contributed by atoms with Gasteiger partial charge >= 0.3 is 5.97 Å². The van der Waals surface area contributed by atoms with E-state index in [1.165, 1.54) is 6.92 Å². The van der Waals surface area contributed by atoms with Gasteiger partial charge in [0.25, 0.3) is 11.6 Å². The summed E-state index contributed by atoms with van der Waals surface area (Å²) < 4.78 is 0. The number of rotatable bonds is 5. The van der Waals surface area contributed by atoms with Gasteiger partial charge in [-0.2, -0.15) is 0 Å². The fourth-order valence-corrected chi connectivity index (χ4v) is 2.20. The molecule has 1 unspecified atom stereocenters. The number of nitrogens with zero attached hydrogens (tertiary/aromatic N) is 2. The number of carbonyl (C=O) groups is 2. The minimum absolute atomic E-state index is 0.0887. The Kier molecular flexibility index (Phi) is 3.82. The number of hydrogen-bond donors (Lipinski definition) is 2. The van der Waals surface area contributed by atoms with Crippen molar-refractivity contribution in [3.8, 4) is 0 Å². The molecule has 0 aliphatic heterocycles. The zero-order valence-electron chi connectivity index (χ0n) is 11.0. The molecule has 1 fully saturated rings. The van der Waals surface area contributed by atoms with Crippen LogP contribution in [0.5, 0.6) is 0 Å². The van der Waals surface area contributed by atoms with Crippen LogP contribution in [0.3, 0.4) is 0 Å². The van der Waals surface area contributed by atoms with Crippen molar-refractivity contribution >= 4 is 29.2 Å². The van der Waals surface area contributed by atoms with Crippen molar-refractivity contribution in [3.63, 3.8) is 0 Å². The Morgan fingerprint density at radius 1 is 1.57 bits per heavy atom. The Bertz CT molecular complexity index is 631. The first-order valence-corrected chi connectivity index (χ1v) is 6.49. The second-order valence-corrected chi connectivity index (χ2v) is 5.40. The lowest BCUT2D eigenvalue weighted by atomic mass is 9.95. The Balaban J connectivity index is 2.34. The number of pyridine rings is 1. The number of nitrogens with one attached hydrogen (secondary N) is 1. The SMILES string of the molecule is CC(NC(=O)c1cc(Cl)ncc1[N+](=O)[O-])(C(=O)O)C1CC1. The van der Waals surface area contributed by atoms with E-state index < -0.39 is 28.0 Å². The first kappa shape index (κ1) is 15.2. The van der Waals surface area contributed by atoms with E-state index in [1.54, 1.807) is 0 Å². The molecule has 1 heterocycles. The van der Waals surface area contributed by atoms with E-state index in [0.717, 1.165) is 12.3 Å². The number of aromatic nitrogens is 1. The zero-order valence-corrected chi connectivity index (χ0v) is 11.8. The highest BCUT2D eigenvalue weighted by Gasteiger charge is 2.49.